The Morgan fingerprint density at radius 2 is 1.56 bits per heavy atom. The largest absolute Gasteiger partial charge is 0.458 e. The zero-order valence-corrected chi connectivity index (χ0v) is 23.9. The first-order valence-corrected chi connectivity index (χ1v) is 14.7. The quantitative estimate of drug-likeness (QED) is 0.183. The number of ether oxygens (including phenoxy) is 2. The minimum Gasteiger partial charge on any atom is -0.458 e. The van der Waals surface area contributed by atoms with Gasteiger partial charge in [0.05, 0.1) is 5.92 Å². The normalized spacial score (nSPS) is 15.1. The van der Waals surface area contributed by atoms with E-state index in [-0.39, 0.29) is 19.4 Å². The minimum atomic E-state index is -4.19. The van der Waals surface area contributed by atoms with Crippen LogP contribution in [0.25, 0.3) is 0 Å². The second kappa shape index (κ2) is 14.7. The predicted octanol–water partition coefficient (Wildman–Crippen LogP) is 4.79. The second-order valence-electron chi connectivity index (χ2n) is 10.3. The fourth-order valence-electron chi connectivity index (χ4n) is 3.72. The second-order valence-corrected chi connectivity index (χ2v) is 12.8. The zero-order valence-electron chi connectivity index (χ0n) is 23.0. The molecule has 0 heterocycles. The van der Waals surface area contributed by atoms with E-state index in [4.69, 9.17) is 9.47 Å². The molecule has 4 atom stereocenters. The molecular formula is C29H39N2O7P. The van der Waals surface area contributed by atoms with Gasteiger partial charge in [-0.05, 0) is 45.2 Å². The molecule has 0 aliphatic rings. The van der Waals surface area contributed by atoms with Crippen LogP contribution < -0.4 is 10.6 Å². The van der Waals surface area contributed by atoms with Crippen LogP contribution in [0.4, 0.5) is 4.79 Å². The Kier molecular flexibility index (Phi) is 11.9. The lowest BCUT2D eigenvalue weighted by molar-refractivity contribution is -0.158. The zero-order chi connectivity index (χ0) is 29.1. The Morgan fingerprint density at radius 3 is 2.10 bits per heavy atom. The van der Waals surface area contributed by atoms with E-state index in [9.17, 15) is 23.8 Å². The van der Waals surface area contributed by atoms with Gasteiger partial charge in [0.15, 0.2) is 0 Å². The summed E-state index contributed by atoms with van der Waals surface area (Å²) in [6, 6.07) is 17.0. The minimum absolute atomic E-state index is 0.00942. The molecule has 212 valence electrons. The van der Waals surface area contributed by atoms with Crippen molar-refractivity contribution in [2.24, 2.45) is 5.92 Å². The molecule has 9 nitrogen and oxygen atoms in total. The summed E-state index contributed by atoms with van der Waals surface area (Å²) in [5.41, 5.74) is 0.757. The van der Waals surface area contributed by atoms with Crippen LogP contribution in [0.3, 0.4) is 0 Å². The first kappa shape index (κ1) is 31.8. The summed E-state index contributed by atoms with van der Waals surface area (Å²) in [6.45, 7) is 10.3. The van der Waals surface area contributed by atoms with Gasteiger partial charge in [-0.2, -0.15) is 0 Å². The number of benzene rings is 2. The van der Waals surface area contributed by atoms with Crippen LogP contribution in [0.1, 0.15) is 45.2 Å². The van der Waals surface area contributed by atoms with E-state index in [1.165, 1.54) is 13.0 Å². The fraction of sp³-hybridized carbons (Fsp3) is 0.414. The highest BCUT2D eigenvalue weighted by atomic mass is 31.2. The number of amides is 2. The van der Waals surface area contributed by atoms with Gasteiger partial charge in [-0.3, -0.25) is 9.36 Å². The van der Waals surface area contributed by atoms with Gasteiger partial charge in [0.2, 0.25) is 13.3 Å². The van der Waals surface area contributed by atoms with Crippen LogP contribution in [0.5, 0.6) is 0 Å². The lowest BCUT2D eigenvalue weighted by Crippen LogP contribution is -2.45. The Labute approximate surface area is 230 Å². The van der Waals surface area contributed by atoms with Crippen molar-refractivity contribution in [2.45, 2.75) is 64.6 Å². The Bertz CT molecular complexity index is 1150. The van der Waals surface area contributed by atoms with E-state index in [1.54, 1.807) is 57.2 Å². The van der Waals surface area contributed by atoms with Crippen LogP contribution in [-0.2, 0) is 36.7 Å². The van der Waals surface area contributed by atoms with E-state index < -0.39 is 54.8 Å². The highest BCUT2D eigenvalue weighted by Gasteiger charge is 2.38. The summed E-state index contributed by atoms with van der Waals surface area (Å²) in [4.78, 5) is 49.2. The number of carbonyl (C=O) groups is 3. The van der Waals surface area contributed by atoms with Gasteiger partial charge in [-0.25, -0.2) is 9.59 Å². The van der Waals surface area contributed by atoms with Crippen molar-refractivity contribution in [2.75, 3.05) is 6.16 Å². The highest BCUT2D eigenvalue weighted by Crippen LogP contribution is 2.48. The molecule has 2 aromatic carbocycles. The standard InChI is InChI=1S/C29H39N2O7P/c1-6-13-24(26(32)30-21(2)27(33)38-29(3,4)5)20-39(35,36)25(18-22-14-9-7-10-15-22)31-28(34)37-19-23-16-11-8-12-17-23/h6-12,14-17,21,24-25H,1,13,18-20H2,2-5H3,(H,30,32)(H,31,34)(H,35,36)/t21-,24?,25+/m0/s1. The molecule has 0 aliphatic carbocycles. The predicted molar refractivity (Wildman–Crippen MR) is 150 cm³/mol. The lowest BCUT2D eigenvalue weighted by Gasteiger charge is -2.28. The van der Waals surface area contributed by atoms with E-state index in [0.717, 1.165) is 11.1 Å². The number of rotatable bonds is 13. The molecule has 39 heavy (non-hydrogen) atoms. The van der Waals surface area contributed by atoms with Crippen LogP contribution >= 0.6 is 7.37 Å². The third-order valence-corrected chi connectivity index (χ3v) is 7.93. The number of esters is 1. The average Bonchev–Trinajstić information content (AvgIpc) is 2.87. The number of alkyl carbamates (subject to hydrolysis) is 1. The van der Waals surface area contributed by atoms with Crippen molar-refractivity contribution in [1.82, 2.24) is 10.6 Å². The molecule has 2 unspecified atom stereocenters. The maximum absolute atomic E-state index is 13.7. The molecule has 2 amide bonds. The highest BCUT2D eigenvalue weighted by molar-refractivity contribution is 7.58. The SMILES string of the molecule is C=CCC(CP(=O)(O)[C@H](Cc1ccccc1)NC(=O)OCc1ccccc1)C(=O)N[C@@H](C)C(=O)OC(C)(C)C. The first-order chi connectivity index (χ1) is 18.3. The van der Waals surface area contributed by atoms with Gasteiger partial charge in [0, 0.05) is 12.6 Å². The number of carbonyl (C=O) groups excluding carboxylic acids is 3. The molecule has 2 rings (SSSR count). The number of allylic oxidation sites excluding steroid dienone is 1. The lowest BCUT2D eigenvalue weighted by atomic mass is 10.1. The molecule has 10 heteroatoms. The van der Waals surface area contributed by atoms with Gasteiger partial charge in [0.1, 0.15) is 24.0 Å². The van der Waals surface area contributed by atoms with E-state index in [2.05, 4.69) is 17.2 Å². The van der Waals surface area contributed by atoms with Crippen molar-refractivity contribution in [3.63, 3.8) is 0 Å². The molecule has 0 saturated carbocycles. The average molecular weight is 559 g/mol. The smallest absolute Gasteiger partial charge is 0.408 e. The summed E-state index contributed by atoms with van der Waals surface area (Å²) in [6.07, 6.45) is 0.315. The molecule has 0 saturated heterocycles. The summed E-state index contributed by atoms with van der Waals surface area (Å²) in [5.74, 6) is -3.40. The number of hydrogen-bond donors (Lipinski definition) is 3. The summed E-state index contributed by atoms with van der Waals surface area (Å²) in [7, 11) is -4.19. The van der Waals surface area contributed by atoms with Crippen molar-refractivity contribution in [1.29, 1.82) is 0 Å². The number of hydrogen-bond acceptors (Lipinski definition) is 6. The molecular weight excluding hydrogens is 519 g/mol. The molecule has 0 bridgehead atoms. The van der Waals surface area contributed by atoms with Gasteiger partial charge in [-0.15, -0.1) is 6.58 Å². The molecule has 0 aliphatic heterocycles. The fourth-order valence-corrected chi connectivity index (χ4v) is 5.73. The van der Waals surface area contributed by atoms with E-state index >= 15 is 0 Å². The van der Waals surface area contributed by atoms with Gasteiger partial charge < -0.3 is 25.0 Å². The van der Waals surface area contributed by atoms with Crippen LogP contribution in [-0.4, -0.2) is 46.5 Å². The summed E-state index contributed by atoms with van der Waals surface area (Å²) < 4.78 is 24.3. The third kappa shape index (κ3) is 11.5. The third-order valence-electron chi connectivity index (χ3n) is 5.68. The summed E-state index contributed by atoms with van der Waals surface area (Å²) in [5, 5.41) is 5.11. The van der Waals surface area contributed by atoms with Crippen molar-refractivity contribution < 1.29 is 33.3 Å². The Morgan fingerprint density at radius 1 is 1.00 bits per heavy atom. The van der Waals surface area contributed by atoms with Gasteiger partial charge >= 0.3 is 12.1 Å². The van der Waals surface area contributed by atoms with Crippen molar-refractivity contribution in [3.8, 4) is 0 Å². The Balaban J connectivity index is 2.17. The first-order valence-electron chi connectivity index (χ1n) is 12.8. The molecule has 3 N–H and O–H groups in total. The Hall–Kier alpha value is -3.42. The molecule has 0 radical (unpaired) electrons. The van der Waals surface area contributed by atoms with Crippen molar-refractivity contribution >= 4 is 25.3 Å². The van der Waals surface area contributed by atoms with E-state index in [0.29, 0.717) is 0 Å². The summed E-state index contributed by atoms with van der Waals surface area (Å²) >= 11 is 0. The topological polar surface area (TPSA) is 131 Å². The maximum atomic E-state index is 13.7. The molecule has 0 aromatic heterocycles. The van der Waals surface area contributed by atoms with E-state index in [1.807, 2.05) is 24.3 Å². The monoisotopic (exact) mass is 558 g/mol. The number of nitrogens with one attached hydrogen (secondary N) is 2. The van der Waals surface area contributed by atoms with Gasteiger partial charge in [-0.1, -0.05) is 66.7 Å². The van der Waals surface area contributed by atoms with Crippen molar-refractivity contribution in [3.05, 3.63) is 84.4 Å². The van der Waals surface area contributed by atoms with Gasteiger partial charge in [0.25, 0.3) is 0 Å². The van der Waals surface area contributed by atoms with Crippen LogP contribution in [0.15, 0.2) is 73.3 Å². The molecule has 0 fully saturated rings. The maximum Gasteiger partial charge on any atom is 0.408 e. The van der Waals surface area contributed by atoms with Crippen LogP contribution in [0.2, 0.25) is 0 Å². The molecule has 2 aromatic rings. The van der Waals surface area contributed by atoms with Crippen LogP contribution in [0, 0.1) is 5.92 Å². The molecule has 0 spiro atoms.